The summed E-state index contributed by atoms with van der Waals surface area (Å²) in [6.07, 6.45) is 0. The summed E-state index contributed by atoms with van der Waals surface area (Å²) in [5, 5.41) is 1.57. The molecule has 0 fully saturated rings. The first-order valence-electron chi connectivity index (χ1n) is 7.08. The van der Waals surface area contributed by atoms with Crippen molar-refractivity contribution in [1.29, 1.82) is 0 Å². The Morgan fingerprint density at radius 1 is 0.895 bits per heavy atom. The molecule has 1 heteroatoms. The maximum atomic E-state index is 2.39. The van der Waals surface area contributed by atoms with Crippen molar-refractivity contribution < 1.29 is 0 Å². The van der Waals surface area contributed by atoms with Gasteiger partial charge in [0, 0.05) is 0 Å². The lowest BCUT2D eigenvalue weighted by molar-refractivity contribution is 0.585. The van der Waals surface area contributed by atoms with Gasteiger partial charge in [0.15, 0.2) is 0 Å². The van der Waals surface area contributed by atoms with Crippen LogP contribution in [0.2, 0.25) is 13.1 Å². The van der Waals surface area contributed by atoms with Crippen LogP contribution in [-0.2, 0) is 5.41 Å². The molecule has 2 rings (SSSR count). The molecule has 0 bridgehead atoms. The van der Waals surface area contributed by atoms with Crippen LogP contribution in [-0.4, -0.2) is 8.80 Å². The van der Waals surface area contributed by atoms with Crippen molar-refractivity contribution in [1.82, 2.24) is 0 Å². The molecular formula is C18H25Si. The first kappa shape index (κ1) is 14.3. The van der Waals surface area contributed by atoms with E-state index in [1.54, 1.807) is 10.8 Å². The highest BCUT2D eigenvalue weighted by Gasteiger charge is 2.27. The highest BCUT2D eigenvalue weighted by molar-refractivity contribution is 6.72. The molecule has 2 aliphatic carbocycles. The van der Waals surface area contributed by atoms with Gasteiger partial charge in [-0.05, 0) is 47.1 Å². The summed E-state index contributed by atoms with van der Waals surface area (Å²) in [5.74, 6) is 0. The summed E-state index contributed by atoms with van der Waals surface area (Å²) in [6, 6.07) is 9.01. The average molecular weight is 269 g/mol. The van der Waals surface area contributed by atoms with E-state index in [0.717, 1.165) is 0 Å². The van der Waals surface area contributed by atoms with Gasteiger partial charge in [-0.15, -0.1) is 0 Å². The van der Waals surface area contributed by atoms with Gasteiger partial charge in [0.1, 0.15) is 0 Å². The Morgan fingerprint density at radius 2 is 1.47 bits per heavy atom. The molecule has 0 heterocycles. The molecule has 0 amide bonds. The Bertz CT molecular complexity index is 573. The van der Waals surface area contributed by atoms with E-state index >= 15 is 0 Å². The van der Waals surface area contributed by atoms with Gasteiger partial charge in [-0.2, -0.15) is 0 Å². The Hall–Kier alpha value is -1.08. The van der Waals surface area contributed by atoms with Gasteiger partial charge < -0.3 is 0 Å². The van der Waals surface area contributed by atoms with Crippen molar-refractivity contribution in [3.8, 4) is 11.1 Å². The molecule has 0 N–H and O–H groups in total. The third-order valence-electron chi connectivity index (χ3n) is 3.99. The van der Waals surface area contributed by atoms with E-state index < -0.39 is 8.80 Å². The fourth-order valence-electron chi connectivity index (χ4n) is 3.41. The van der Waals surface area contributed by atoms with Gasteiger partial charge in [0.25, 0.3) is 0 Å². The van der Waals surface area contributed by atoms with Gasteiger partial charge in [-0.1, -0.05) is 63.3 Å². The zero-order valence-corrected chi connectivity index (χ0v) is 14.3. The first-order valence-corrected chi connectivity index (χ1v) is 9.58. The number of fused-ring (bicyclic) bond motifs is 1. The summed E-state index contributed by atoms with van der Waals surface area (Å²) in [5.41, 5.74) is 7.70. The van der Waals surface area contributed by atoms with Crippen molar-refractivity contribution in [3.05, 3.63) is 41.0 Å². The third-order valence-corrected chi connectivity index (χ3v) is 5.49. The summed E-state index contributed by atoms with van der Waals surface area (Å²) >= 11 is 0. The van der Waals surface area contributed by atoms with Gasteiger partial charge in [-0.3, -0.25) is 0 Å². The zero-order chi connectivity index (χ0) is 14.4. The quantitative estimate of drug-likeness (QED) is 0.660. The van der Waals surface area contributed by atoms with Crippen LogP contribution in [0, 0.1) is 13.8 Å². The molecule has 0 unspecified atom stereocenters. The molecule has 0 aromatic carbocycles. The van der Waals surface area contributed by atoms with Crippen LogP contribution in [0.25, 0.3) is 11.1 Å². The predicted octanol–water partition coefficient (Wildman–Crippen LogP) is 4.67. The molecule has 0 spiro atoms. The lowest BCUT2D eigenvalue weighted by Gasteiger charge is -2.21. The van der Waals surface area contributed by atoms with E-state index in [1.807, 2.05) is 0 Å². The van der Waals surface area contributed by atoms with Crippen LogP contribution in [0.1, 0.15) is 37.5 Å². The summed E-state index contributed by atoms with van der Waals surface area (Å²) < 4.78 is 0. The summed E-state index contributed by atoms with van der Waals surface area (Å²) in [4.78, 5) is 0. The molecule has 1 radical (unpaired) electrons. The second-order valence-corrected chi connectivity index (χ2v) is 9.33. The van der Waals surface area contributed by atoms with Gasteiger partial charge in [-0.25, -0.2) is 0 Å². The molecule has 0 aliphatic heterocycles. The van der Waals surface area contributed by atoms with E-state index in [1.165, 1.54) is 22.3 Å². The molecule has 19 heavy (non-hydrogen) atoms. The third kappa shape index (κ3) is 2.36. The minimum Gasteiger partial charge on any atom is -0.0671 e. The minimum absolute atomic E-state index is 0.220. The molecule has 0 aromatic heterocycles. The maximum absolute atomic E-state index is 2.39. The number of hydrogen-bond acceptors (Lipinski definition) is 0. The molecule has 2 aliphatic rings. The van der Waals surface area contributed by atoms with Gasteiger partial charge in [0.2, 0.25) is 0 Å². The van der Waals surface area contributed by atoms with Crippen LogP contribution < -0.4 is 5.19 Å². The Labute approximate surface area is 119 Å². The molecule has 0 aromatic rings. The fraction of sp³-hybridized carbons (Fsp3) is 0.444. The van der Waals surface area contributed by atoms with E-state index in [-0.39, 0.29) is 5.41 Å². The molecule has 0 saturated heterocycles. The smallest absolute Gasteiger partial charge is 0.0671 e. The van der Waals surface area contributed by atoms with E-state index in [9.17, 15) is 0 Å². The van der Waals surface area contributed by atoms with Crippen LogP contribution in [0.15, 0.2) is 24.3 Å². The van der Waals surface area contributed by atoms with Crippen LogP contribution in [0.4, 0.5) is 0 Å². The van der Waals surface area contributed by atoms with Crippen LogP contribution in [0.3, 0.4) is 0 Å². The highest BCUT2D eigenvalue weighted by atomic mass is 28.3. The van der Waals surface area contributed by atoms with E-state index in [0.29, 0.717) is 0 Å². The largest absolute Gasteiger partial charge is 0.0800 e. The van der Waals surface area contributed by atoms with Crippen molar-refractivity contribution in [2.75, 3.05) is 0 Å². The molecule has 101 valence electrons. The summed E-state index contributed by atoms with van der Waals surface area (Å²) in [6.45, 7) is 16.3. The lowest BCUT2D eigenvalue weighted by Crippen LogP contribution is -2.24. The summed E-state index contributed by atoms with van der Waals surface area (Å²) in [7, 11) is -0.450. The second kappa shape index (κ2) is 4.79. The minimum atomic E-state index is -0.450. The van der Waals surface area contributed by atoms with Crippen LogP contribution in [0.5, 0.6) is 0 Å². The average Bonchev–Trinajstić information content (AvgIpc) is 2.47. The first-order chi connectivity index (χ1) is 8.75. The highest BCUT2D eigenvalue weighted by Crippen LogP contribution is 2.40. The molecule has 0 nitrogen and oxygen atoms in total. The predicted molar refractivity (Wildman–Crippen MR) is 88.4 cm³/mol. The topological polar surface area (TPSA) is 0 Å². The van der Waals surface area contributed by atoms with Gasteiger partial charge in [0.05, 0.1) is 8.80 Å². The molecule has 0 atom stereocenters. The zero-order valence-electron chi connectivity index (χ0n) is 13.3. The van der Waals surface area contributed by atoms with Crippen molar-refractivity contribution in [2.45, 2.75) is 53.1 Å². The van der Waals surface area contributed by atoms with Gasteiger partial charge >= 0.3 is 0 Å². The Morgan fingerprint density at radius 3 is 2.00 bits per heavy atom. The van der Waals surface area contributed by atoms with Crippen molar-refractivity contribution in [2.24, 2.45) is 0 Å². The van der Waals surface area contributed by atoms with Crippen LogP contribution >= 0.6 is 0 Å². The second-order valence-electron chi connectivity index (χ2n) is 6.80. The fourth-order valence-corrected chi connectivity index (χ4v) is 4.67. The Balaban J connectivity index is 2.90. The van der Waals surface area contributed by atoms with Crippen molar-refractivity contribution >= 4 is 14.0 Å². The van der Waals surface area contributed by atoms with E-state index in [4.69, 9.17) is 0 Å². The monoisotopic (exact) mass is 269 g/mol. The Kier molecular flexibility index (Phi) is 3.61. The maximum Gasteiger partial charge on any atom is 0.0800 e. The number of rotatable bonds is 1. The standard InChI is InChI=1S/C18H25Si/c1-12-14-10-8-9-11-15(19(6)7)16(14)13(2)17(12)18(3,4)5/h8-11H,1-7H3. The molecular weight excluding hydrogens is 244 g/mol. The molecule has 0 saturated carbocycles. The SMILES string of the molecule is Cc1c2ccccc([Si](C)C)c-2c(C)c1C(C)(C)C. The lowest BCUT2D eigenvalue weighted by atomic mass is 9.84. The van der Waals surface area contributed by atoms with Crippen molar-refractivity contribution in [3.63, 3.8) is 0 Å². The normalized spacial score (nSPS) is 12.4. The van der Waals surface area contributed by atoms with E-state index in [2.05, 4.69) is 72.0 Å². The number of hydrogen-bond donors (Lipinski definition) is 0.